The fraction of sp³-hybridized carbons (Fsp3) is 0.200. The Bertz CT molecular complexity index is 726. The van der Waals surface area contributed by atoms with Crippen LogP contribution in [0.5, 0.6) is 5.75 Å². The lowest BCUT2D eigenvalue weighted by molar-refractivity contribution is 0.475. The summed E-state index contributed by atoms with van der Waals surface area (Å²) >= 11 is 0. The van der Waals surface area contributed by atoms with Crippen molar-refractivity contribution < 1.29 is 5.11 Å². The van der Waals surface area contributed by atoms with E-state index in [0.717, 1.165) is 30.6 Å². The zero-order valence-electron chi connectivity index (χ0n) is 12.9. The summed E-state index contributed by atoms with van der Waals surface area (Å²) in [4.78, 5) is 0. The van der Waals surface area contributed by atoms with Gasteiger partial charge >= 0.3 is 0 Å². The maximum absolute atomic E-state index is 9.53. The Morgan fingerprint density at radius 3 is 2.55 bits per heavy atom. The topological polar surface area (TPSA) is 32.3 Å². The highest BCUT2D eigenvalue weighted by molar-refractivity contribution is 5.93. The number of benzene rings is 2. The lowest BCUT2D eigenvalue weighted by Crippen LogP contribution is -2.20. The van der Waals surface area contributed by atoms with Gasteiger partial charge in [-0.05, 0) is 58.5 Å². The summed E-state index contributed by atoms with van der Waals surface area (Å²) in [5, 5.41) is 12.9. The Morgan fingerprint density at radius 1 is 1.09 bits per heavy atom. The van der Waals surface area contributed by atoms with Gasteiger partial charge < -0.3 is 10.4 Å². The molecule has 0 spiro atoms. The van der Waals surface area contributed by atoms with Crippen molar-refractivity contribution in [1.29, 1.82) is 0 Å². The summed E-state index contributed by atoms with van der Waals surface area (Å²) in [5.74, 6) is 0.299. The van der Waals surface area contributed by atoms with Crippen LogP contribution in [0, 0.1) is 0 Å². The van der Waals surface area contributed by atoms with Crippen LogP contribution in [-0.2, 0) is 6.42 Å². The van der Waals surface area contributed by atoms with Crippen LogP contribution in [0.15, 0.2) is 60.7 Å². The monoisotopic (exact) mass is 291 g/mol. The van der Waals surface area contributed by atoms with Crippen molar-refractivity contribution in [2.45, 2.75) is 13.3 Å². The molecule has 0 saturated carbocycles. The second kappa shape index (κ2) is 6.20. The molecule has 0 unspecified atom stereocenters. The second-order valence-electron chi connectivity index (χ2n) is 5.60. The van der Waals surface area contributed by atoms with Crippen LogP contribution >= 0.6 is 0 Å². The minimum Gasteiger partial charge on any atom is -0.508 e. The highest BCUT2D eigenvalue weighted by atomic mass is 16.3. The van der Waals surface area contributed by atoms with Gasteiger partial charge in [0.1, 0.15) is 5.75 Å². The number of hydrogen-bond donors (Lipinski definition) is 2. The molecule has 0 saturated heterocycles. The summed E-state index contributed by atoms with van der Waals surface area (Å²) in [6, 6.07) is 15.9. The van der Waals surface area contributed by atoms with Gasteiger partial charge in [-0.1, -0.05) is 49.9 Å². The van der Waals surface area contributed by atoms with Gasteiger partial charge in [-0.2, -0.15) is 0 Å². The molecule has 1 aliphatic rings. The van der Waals surface area contributed by atoms with Crippen LogP contribution < -0.4 is 5.32 Å². The third-order valence-electron chi connectivity index (χ3n) is 4.21. The first-order valence-electron chi connectivity index (χ1n) is 7.70. The summed E-state index contributed by atoms with van der Waals surface area (Å²) in [5.41, 5.74) is 7.39. The molecule has 2 aromatic carbocycles. The summed E-state index contributed by atoms with van der Waals surface area (Å²) < 4.78 is 0. The van der Waals surface area contributed by atoms with Crippen molar-refractivity contribution in [2.24, 2.45) is 0 Å². The minimum atomic E-state index is 0.299. The molecule has 2 N–H and O–H groups in total. The predicted molar refractivity (Wildman–Crippen MR) is 92.8 cm³/mol. The number of fused-ring (bicyclic) bond motifs is 1. The average molecular weight is 291 g/mol. The number of allylic oxidation sites excluding steroid dienone is 1. The summed E-state index contributed by atoms with van der Waals surface area (Å²) in [6.07, 6.45) is 0.903. The maximum atomic E-state index is 9.53. The Balaban J connectivity index is 2.09. The van der Waals surface area contributed by atoms with E-state index in [9.17, 15) is 5.11 Å². The zero-order chi connectivity index (χ0) is 15.5. The molecule has 2 heteroatoms. The maximum Gasteiger partial charge on any atom is 0.115 e. The van der Waals surface area contributed by atoms with Gasteiger partial charge in [0.25, 0.3) is 0 Å². The van der Waals surface area contributed by atoms with Crippen LogP contribution in [0.4, 0.5) is 0 Å². The van der Waals surface area contributed by atoms with Crippen molar-refractivity contribution in [3.63, 3.8) is 0 Å². The smallest absolute Gasteiger partial charge is 0.115 e. The summed E-state index contributed by atoms with van der Waals surface area (Å²) in [6.45, 7) is 8.20. The molecule has 0 bridgehead atoms. The van der Waals surface area contributed by atoms with Gasteiger partial charge in [-0.3, -0.25) is 0 Å². The number of likely N-dealkylation sites (N-methyl/N-ethyl adjacent to an activating group) is 1. The number of hydrogen-bond acceptors (Lipinski definition) is 2. The van der Waals surface area contributed by atoms with E-state index in [-0.39, 0.29) is 0 Å². The first kappa shape index (κ1) is 14.6. The van der Waals surface area contributed by atoms with E-state index in [1.807, 2.05) is 12.1 Å². The molecule has 1 aliphatic carbocycles. The van der Waals surface area contributed by atoms with Gasteiger partial charge in [-0.15, -0.1) is 0 Å². The van der Waals surface area contributed by atoms with E-state index < -0.39 is 0 Å². The molecule has 0 atom stereocenters. The second-order valence-corrected chi connectivity index (χ2v) is 5.60. The van der Waals surface area contributed by atoms with Crippen molar-refractivity contribution >= 4 is 11.1 Å². The summed E-state index contributed by atoms with van der Waals surface area (Å²) in [7, 11) is 0. The molecule has 0 aliphatic heterocycles. The van der Waals surface area contributed by atoms with E-state index in [1.54, 1.807) is 12.1 Å². The normalized spacial score (nSPS) is 14.1. The fourth-order valence-electron chi connectivity index (χ4n) is 3.01. The highest BCUT2D eigenvalue weighted by Crippen LogP contribution is 2.38. The zero-order valence-corrected chi connectivity index (χ0v) is 12.9. The van der Waals surface area contributed by atoms with E-state index >= 15 is 0 Å². The molecule has 2 nitrogen and oxygen atoms in total. The van der Waals surface area contributed by atoms with Crippen LogP contribution in [-0.4, -0.2) is 18.2 Å². The van der Waals surface area contributed by atoms with E-state index in [4.69, 9.17) is 0 Å². The molecule has 0 radical (unpaired) electrons. The van der Waals surface area contributed by atoms with Crippen molar-refractivity contribution in [2.75, 3.05) is 13.1 Å². The minimum absolute atomic E-state index is 0.299. The largest absolute Gasteiger partial charge is 0.508 e. The number of phenolic OH excluding ortho intramolecular Hbond substituents is 1. The molecule has 3 rings (SSSR count). The third kappa shape index (κ3) is 2.70. The molecule has 2 aromatic rings. The quantitative estimate of drug-likeness (QED) is 0.891. The average Bonchev–Trinajstić information content (AvgIpc) is 2.55. The SMILES string of the molecule is C=C1C(CNCC)=C(c2ccc(O)cc2)Cc2ccccc21. The standard InChI is InChI=1S/C20H21NO/c1-3-21-13-20-14(2)18-7-5-4-6-16(18)12-19(20)15-8-10-17(22)11-9-15/h4-11,21-22H,2-3,12-13H2,1H3. The molecule has 0 fully saturated rings. The molecular formula is C20H21NO. The lowest BCUT2D eigenvalue weighted by Gasteiger charge is -2.26. The molecule has 0 heterocycles. The molecule has 112 valence electrons. The van der Waals surface area contributed by atoms with E-state index in [2.05, 4.69) is 43.1 Å². The van der Waals surface area contributed by atoms with Gasteiger partial charge in [0.05, 0.1) is 0 Å². The van der Waals surface area contributed by atoms with Crippen molar-refractivity contribution in [3.05, 3.63) is 77.4 Å². The van der Waals surface area contributed by atoms with Gasteiger partial charge in [0.15, 0.2) is 0 Å². The predicted octanol–water partition coefficient (Wildman–Crippen LogP) is 4.02. The number of nitrogens with one attached hydrogen (secondary N) is 1. The van der Waals surface area contributed by atoms with Gasteiger partial charge in [0, 0.05) is 6.54 Å². The molecule has 0 amide bonds. The first-order chi connectivity index (χ1) is 10.7. The number of aromatic hydroxyl groups is 1. The molecule has 22 heavy (non-hydrogen) atoms. The van der Waals surface area contributed by atoms with E-state index in [0.29, 0.717) is 5.75 Å². The Morgan fingerprint density at radius 2 is 1.82 bits per heavy atom. The first-order valence-corrected chi connectivity index (χ1v) is 7.70. The van der Waals surface area contributed by atoms with Crippen LogP contribution in [0.3, 0.4) is 0 Å². The number of rotatable bonds is 4. The van der Waals surface area contributed by atoms with Crippen LogP contribution in [0.1, 0.15) is 23.6 Å². The Hall–Kier alpha value is -2.32. The Labute approximate surface area is 131 Å². The molecule has 0 aromatic heterocycles. The van der Waals surface area contributed by atoms with Crippen molar-refractivity contribution in [3.8, 4) is 5.75 Å². The number of phenols is 1. The van der Waals surface area contributed by atoms with Crippen LogP contribution in [0.25, 0.3) is 11.1 Å². The van der Waals surface area contributed by atoms with E-state index in [1.165, 1.54) is 22.3 Å². The van der Waals surface area contributed by atoms with Crippen LogP contribution in [0.2, 0.25) is 0 Å². The van der Waals surface area contributed by atoms with Gasteiger partial charge in [0.2, 0.25) is 0 Å². The lowest BCUT2D eigenvalue weighted by atomic mass is 9.80. The fourth-order valence-corrected chi connectivity index (χ4v) is 3.01. The molecular weight excluding hydrogens is 270 g/mol. The Kier molecular flexibility index (Phi) is 4.12. The third-order valence-corrected chi connectivity index (χ3v) is 4.21. The highest BCUT2D eigenvalue weighted by Gasteiger charge is 2.21. The van der Waals surface area contributed by atoms with Gasteiger partial charge in [-0.25, -0.2) is 0 Å². The van der Waals surface area contributed by atoms with Crippen molar-refractivity contribution in [1.82, 2.24) is 5.32 Å².